The second kappa shape index (κ2) is 9.09. The van der Waals surface area contributed by atoms with Crippen LogP contribution in [-0.2, 0) is 22.6 Å². The number of pyridine rings is 1. The summed E-state index contributed by atoms with van der Waals surface area (Å²) in [7, 11) is 1.98. The molecule has 0 radical (unpaired) electrons. The van der Waals surface area contributed by atoms with Crippen molar-refractivity contribution in [2.75, 3.05) is 13.6 Å². The van der Waals surface area contributed by atoms with E-state index in [0.717, 1.165) is 55.5 Å². The van der Waals surface area contributed by atoms with E-state index in [4.69, 9.17) is 5.41 Å². The van der Waals surface area contributed by atoms with Gasteiger partial charge in [-0.1, -0.05) is 30.3 Å². The molecule has 34 heavy (non-hydrogen) atoms. The summed E-state index contributed by atoms with van der Waals surface area (Å²) in [6.07, 6.45) is 9.08. The van der Waals surface area contributed by atoms with Crippen LogP contribution in [0.2, 0.25) is 0 Å². The van der Waals surface area contributed by atoms with Crippen molar-refractivity contribution in [3.05, 3.63) is 83.3 Å². The zero-order valence-corrected chi connectivity index (χ0v) is 19.2. The lowest BCUT2D eigenvalue weighted by Gasteiger charge is -2.12. The number of nitrogens with one attached hydrogen (secondary N) is 2. The Hall–Kier alpha value is -4.00. The van der Waals surface area contributed by atoms with E-state index in [1.807, 2.05) is 48.1 Å². The van der Waals surface area contributed by atoms with Crippen molar-refractivity contribution in [1.82, 2.24) is 19.8 Å². The number of fused-ring (bicyclic) bond motifs is 1. The molecule has 0 atom stereocenters. The highest BCUT2D eigenvalue weighted by atomic mass is 16.2. The van der Waals surface area contributed by atoms with Crippen molar-refractivity contribution >= 4 is 34.1 Å². The zero-order chi connectivity index (χ0) is 23.7. The molecule has 172 valence electrons. The molecular formula is C27H27N5O2. The van der Waals surface area contributed by atoms with Crippen LogP contribution in [0.5, 0.6) is 0 Å². The topological polar surface area (TPSA) is 91.1 Å². The molecule has 0 bridgehead atoms. The molecule has 2 aromatic heterocycles. The lowest BCUT2D eigenvalue weighted by Crippen LogP contribution is -2.24. The van der Waals surface area contributed by atoms with Crippen LogP contribution in [0.1, 0.15) is 30.4 Å². The summed E-state index contributed by atoms with van der Waals surface area (Å²) in [5, 5.41) is 11.9. The molecule has 2 aliphatic heterocycles. The Labute approximate surface area is 198 Å². The van der Waals surface area contributed by atoms with Gasteiger partial charge in [0.2, 0.25) is 0 Å². The van der Waals surface area contributed by atoms with Gasteiger partial charge in [0, 0.05) is 49.2 Å². The summed E-state index contributed by atoms with van der Waals surface area (Å²) in [6.45, 7) is 1.66. The molecule has 2 aliphatic rings. The van der Waals surface area contributed by atoms with E-state index in [-0.39, 0.29) is 16.9 Å². The van der Waals surface area contributed by atoms with E-state index in [2.05, 4.69) is 27.3 Å². The Morgan fingerprint density at radius 1 is 1.15 bits per heavy atom. The number of likely N-dealkylation sites (tertiary alicyclic amines) is 1. The number of allylic oxidation sites excluding steroid dienone is 2. The Kier molecular flexibility index (Phi) is 5.84. The Bertz CT molecular complexity index is 1350. The maximum absolute atomic E-state index is 12.9. The van der Waals surface area contributed by atoms with Crippen molar-refractivity contribution in [3.8, 4) is 0 Å². The van der Waals surface area contributed by atoms with Crippen molar-refractivity contribution in [1.29, 1.82) is 5.41 Å². The normalized spacial score (nSPS) is 17.3. The van der Waals surface area contributed by atoms with Crippen molar-refractivity contribution in [3.63, 3.8) is 0 Å². The number of amides is 2. The minimum Gasteiger partial charge on any atom is -0.378 e. The SMILES string of the molecule is CN1CCC/C1=C/C(=N)C1=C(c2cn(CCCc3ccccc3)c3ncccc23)C(=O)NC1=O. The molecule has 7 nitrogen and oxygen atoms in total. The van der Waals surface area contributed by atoms with E-state index in [1.165, 1.54) is 5.56 Å². The molecule has 0 unspecified atom stereocenters. The van der Waals surface area contributed by atoms with E-state index >= 15 is 0 Å². The van der Waals surface area contributed by atoms with E-state index in [0.29, 0.717) is 5.56 Å². The lowest BCUT2D eigenvalue weighted by molar-refractivity contribution is -0.123. The zero-order valence-electron chi connectivity index (χ0n) is 19.2. The fourth-order valence-corrected chi connectivity index (χ4v) is 4.81. The van der Waals surface area contributed by atoms with E-state index < -0.39 is 11.8 Å². The molecule has 2 amide bonds. The van der Waals surface area contributed by atoms with Crippen molar-refractivity contribution in [2.45, 2.75) is 32.2 Å². The smallest absolute Gasteiger partial charge is 0.261 e. The number of carbonyl (C=O) groups is 2. The minimum absolute atomic E-state index is 0.0657. The van der Waals surface area contributed by atoms with Gasteiger partial charge in [0.05, 0.1) is 16.9 Å². The predicted octanol–water partition coefficient (Wildman–Crippen LogP) is 3.71. The number of nitrogens with zero attached hydrogens (tertiary/aromatic N) is 3. The summed E-state index contributed by atoms with van der Waals surface area (Å²) >= 11 is 0. The highest BCUT2D eigenvalue weighted by Gasteiger charge is 2.35. The molecule has 7 heteroatoms. The molecule has 2 N–H and O–H groups in total. The van der Waals surface area contributed by atoms with Gasteiger partial charge in [0.1, 0.15) is 5.65 Å². The van der Waals surface area contributed by atoms with E-state index in [1.54, 1.807) is 12.3 Å². The van der Waals surface area contributed by atoms with Crippen LogP contribution in [0.25, 0.3) is 16.6 Å². The lowest BCUT2D eigenvalue weighted by atomic mass is 9.98. The fourth-order valence-electron chi connectivity index (χ4n) is 4.81. The molecule has 0 saturated carbocycles. The first-order chi connectivity index (χ1) is 16.5. The third-order valence-corrected chi connectivity index (χ3v) is 6.54. The molecule has 1 saturated heterocycles. The first-order valence-electron chi connectivity index (χ1n) is 11.6. The second-order valence-corrected chi connectivity index (χ2v) is 8.81. The number of imide groups is 1. The maximum Gasteiger partial charge on any atom is 0.261 e. The molecule has 5 rings (SSSR count). The van der Waals surface area contributed by atoms with Gasteiger partial charge in [-0.3, -0.25) is 20.3 Å². The maximum atomic E-state index is 12.9. The van der Waals surface area contributed by atoms with Crippen LogP contribution in [-0.4, -0.2) is 45.6 Å². The van der Waals surface area contributed by atoms with Crippen LogP contribution < -0.4 is 5.32 Å². The third-order valence-electron chi connectivity index (χ3n) is 6.54. The molecule has 0 spiro atoms. The van der Waals surface area contributed by atoms with Crippen LogP contribution >= 0.6 is 0 Å². The van der Waals surface area contributed by atoms with Crippen LogP contribution in [0.4, 0.5) is 0 Å². The average Bonchev–Trinajstić information content (AvgIpc) is 3.49. The summed E-state index contributed by atoms with van der Waals surface area (Å²) in [5.41, 5.74) is 4.15. The Morgan fingerprint density at radius 3 is 2.74 bits per heavy atom. The summed E-state index contributed by atoms with van der Waals surface area (Å²) in [4.78, 5) is 32.3. The van der Waals surface area contributed by atoms with Gasteiger partial charge in [-0.2, -0.15) is 0 Å². The van der Waals surface area contributed by atoms with Crippen LogP contribution in [0.15, 0.2) is 72.2 Å². The first-order valence-corrected chi connectivity index (χ1v) is 11.6. The third kappa shape index (κ3) is 4.05. The summed E-state index contributed by atoms with van der Waals surface area (Å²) in [5.74, 6) is -0.980. The van der Waals surface area contributed by atoms with Gasteiger partial charge >= 0.3 is 0 Å². The van der Waals surface area contributed by atoms with E-state index in [9.17, 15) is 9.59 Å². The fraction of sp³-hybridized carbons (Fsp3) is 0.259. The Morgan fingerprint density at radius 2 is 1.97 bits per heavy atom. The highest BCUT2D eigenvalue weighted by molar-refractivity contribution is 6.46. The number of hydrogen-bond donors (Lipinski definition) is 2. The molecule has 4 heterocycles. The number of rotatable bonds is 7. The number of aryl methyl sites for hydroxylation is 2. The monoisotopic (exact) mass is 453 g/mol. The van der Waals surface area contributed by atoms with Crippen molar-refractivity contribution in [2.24, 2.45) is 0 Å². The molecule has 3 aromatic rings. The second-order valence-electron chi connectivity index (χ2n) is 8.81. The highest BCUT2D eigenvalue weighted by Crippen LogP contribution is 2.32. The van der Waals surface area contributed by atoms with Gasteiger partial charge in [-0.05, 0) is 49.5 Å². The number of hydrogen-bond acceptors (Lipinski definition) is 5. The molecule has 1 aromatic carbocycles. The molecule has 0 aliphatic carbocycles. The Balaban J connectivity index is 1.52. The first kappa shape index (κ1) is 21.8. The van der Waals surface area contributed by atoms with Gasteiger partial charge in [-0.25, -0.2) is 4.98 Å². The number of aromatic nitrogens is 2. The average molecular weight is 454 g/mol. The largest absolute Gasteiger partial charge is 0.378 e. The van der Waals surface area contributed by atoms with Gasteiger partial charge in [0.15, 0.2) is 0 Å². The summed E-state index contributed by atoms with van der Waals surface area (Å²) < 4.78 is 2.04. The number of benzene rings is 1. The quantitative estimate of drug-likeness (QED) is 0.422. The van der Waals surface area contributed by atoms with Gasteiger partial charge < -0.3 is 9.47 Å². The molecular weight excluding hydrogens is 426 g/mol. The van der Waals surface area contributed by atoms with Gasteiger partial charge in [-0.15, -0.1) is 0 Å². The summed E-state index contributed by atoms with van der Waals surface area (Å²) in [6, 6.07) is 14.1. The van der Waals surface area contributed by atoms with Crippen molar-refractivity contribution < 1.29 is 9.59 Å². The molecule has 1 fully saturated rings. The van der Waals surface area contributed by atoms with Crippen LogP contribution in [0.3, 0.4) is 0 Å². The standard InChI is InChI=1S/C27H27N5O2/c1-31-14-7-11-19(31)16-22(28)24-23(26(33)30-27(24)34)21-17-32(25-20(21)12-5-13-29-25)15-6-10-18-8-3-2-4-9-18/h2-5,8-9,12-13,16-17,28H,6-7,10-11,14-15H2,1H3,(H,30,33,34)/b19-16-,28-22?. The predicted molar refractivity (Wildman–Crippen MR) is 132 cm³/mol. The number of carbonyl (C=O) groups excluding carboxylic acids is 2. The minimum atomic E-state index is -0.517. The van der Waals surface area contributed by atoms with Gasteiger partial charge in [0.25, 0.3) is 11.8 Å². The van der Waals surface area contributed by atoms with Crippen LogP contribution in [0, 0.1) is 5.41 Å².